The molecule has 1 aliphatic rings. The van der Waals surface area contributed by atoms with Crippen molar-refractivity contribution in [1.82, 2.24) is 10.6 Å². The van der Waals surface area contributed by atoms with Crippen LogP contribution < -0.4 is 10.6 Å². The second-order valence-electron chi connectivity index (χ2n) is 3.31. The fourth-order valence-electron chi connectivity index (χ4n) is 1.33. The molecule has 1 amide bonds. The van der Waals surface area contributed by atoms with Gasteiger partial charge in [-0.3, -0.25) is 4.79 Å². The van der Waals surface area contributed by atoms with Gasteiger partial charge in [-0.1, -0.05) is 13.8 Å². The summed E-state index contributed by atoms with van der Waals surface area (Å²) in [5, 5.41) is 6.06. The zero-order chi connectivity index (χ0) is 8.27. The number of rotatable bonds is 2. The van der Waals surface area contributed by atoms with Crippen LogP contribution in [0.1, 0.15) is 26.7 Å². The van der Waals surface area contributed by atoms with Gasteiger partial charge in [0, 0.05) is 12.6 Å². The van der Waals surface area contributed by atoms with Crippen LogP contribution in [-0.2, 0) is 4.79 Å². The van der Waals surface area contributed by atoms with Crippen molar-refractivity contribution in [2.75, 3.05) is 6.54 Å². The Morgan fingerprint density at radius 3 is 2.91 bits per heavy atom. The van der Waals surface area contributed by atoms with E-state index in [1.165, 1.54) is 0 Å². The monoisotopic (exact) mass is 156 g/mol. The summed E-state index contributed by atoms with van der Waals surface area (Å²) < 4.78 is 0. The van der Waals surface area contributed by atoms with E-state index in [9.17, 15) is 4.79 Å². The van der Waals surface area contributed by atoms with E-state index in [4.69, 9.17) is 0 Å². The lowest BCUT2D eigenvalue weighted by Crippen LogP contribution is -2.50. The quantitative estimate of drug-likeness (QED) is 0.602. The second-order valence-corrected chi connectivity index (χ2v) is 3.31. The third-order valence-corrected chi connectivity index (χ3v) is 1.82. The summed E-state index contributed by atoms with van der Waals surface area (Å²) in [5.74, 6) is 0.157. The van der Waals surface area contributed by atoms with Crippen LogP contribution in [0.3, 0.4) is 0 Å². The lowest BCUT2D eigenvalue weighted by atomic mass is 10.1. The molecule has 0 aromatic heterocycles. The highest BCUT2D eigenvalue weighted by Gasteiger charge is 2.21. The predicted octanol–water partition coefficient (Wildman–Crippen LogP) is 0.263. The molecule has 1 saturated heterocycles. The van der Waals surface area contributed by atoms with E-state index >= 15 is 0 Å². The molecule has 11 heavy (non-hydrogen) atoms. The van der Waals surface area contributed by atoms with Crippen molar-refractivity contribution >= 4 is 5.91 Å². The molecule has 1 aliphatic heterocycles. The summed E-state index contributed by atoms with van der Waals surface area (Å²) in [6.07, 6.45) is 2.07. The molecule has 0 unspecified atom stereocenters. The Morgan fingerprint density at radius 2 is 2.36 bits per heavy atom. The standard InChI is InChI=1S/C8H16N2O/c1-6(2)10-7-4-3-5-9-8(7)11/h6-7,10H,3-5H2,1-2H3,(H,9,11)/t7-/m1/s1. The average Bonchev–Trinajstić information content (AvgIpc) is 1.93. The zero-order valence-electron chi connectivity index (χ0n) is 7.18. The lowest BCUT2D eigenvalue weighted by Gasteiger charge is -2.24. The van der Waals surface area contributed by atoms with Gasteiger partial charge in [0.25, 0.3) is 0 Å². The van der Waals surface area contributed by atoms with Crippen LogP contribution in [0.4, 0.5) is 0 Å². The first kappa shape index (κ1) is 8.53. The molecule has 0 spiro atoms. The van der Waals surface area contributed by atoms with Gasteiger partial charge in [0.05, 0.1) is 6.04 Å². The summed E-state index contributed by atoms with van der Waals surface area (Å²) in [6.45, 7) is 4.96. The highest BCUT2D eigenvalue weighted by Crippen LogP contribution is 2.03. The Labute approximate surface area is 67.5 Å². The fraction of sp³-hybridized carbons (Fsp3) is 0.875. The van der Waals surface area contributed by atoms with Crippen molar-refractivity contribution in [2.24, 2.45) is 0 Å². The van der Waals surface area contributed by atoms with Crippen molar-refractivity contribution in [2.45, 2.75) is 38.8 Å². The third-order valence-electron chi connectivity index (χ3n) is 1.82. The van der Waals surface area contributed by atoms with Crippen LogP contribution in [0.2, 0.25) is 0 Å². The van der Waals surface area contributed by atoms with E-state index in [-0.39, 0.29) is 11.9 Å². The van der Waals surface area contributed by atoms with Crippen molar-refractivity contribution in [3.05, 3.63) is 0 Å². The zero-order valence-corrected chi connectivity index (χ0v) is 7.18. The molecule has 1 heterocycles. The smallest absolute Gasteiger partial charge is 0.237 e. The number of hydrogen-bond donors (Lipinski definition) is 2. The molecule has 1 atom stereocenters. The Hall–Kier alpha value is -0.570. The summed E-state index contributed by atoms with van der Waals surface area (Å²) in [7, 11) is 0. The topological polar surface area (TPSA) is 41.1 Å². The Bertz CT molecular complexity index is 145. The van der Waals surface area contributed by atoms with Crippen LogP contribution in [0.25, 0.3) is 0 Å². The van der Waals surface area contributed by atoms with Crippen molar-refractivity contribution in [3.8, 4) is 0 Å². The molecule has 0 aliphatic carbocycles. The molecular formula is C8H16N2O. The van der Waals surface area contributed by atoms with Gasteiger partial charge in [0.2, 0.25) is 5.91 Å². The molecule has 3 nitrogen and oxygen atoms in total. The van der Waals surface area contributed by atoms with E-state index < -0.39 is 0 Å². The molecule has 0 radical (unpaired) electrons. The number of nitrogens with one attached hydrogen (secondary N) is 2. The van der Waals surface area contributed by atoms with E-state index in [1.807, 2.05) is 0 Å². The van der Waals surface area contributed by atoms with E-state index in [0.29, 0.717) is 6.04 Å². The second kappa shape index (κ2) is 3.72. The van der Waals surface area contributed by atoms with Gasteiger partial charge in [0.15, 0.2) is 0 Å². The Kier molecular flexibility index (Phi) is 2.88. The Morgan fingerprint density at radius 1 is 1.64 bits per heavy atom. The predicted molar refractivity (Wildman–Crippen MR) is 44.3 cm³/mol. The van der Waals surface area contributed by atoms with E-state index in [0.717, 1.165) is 19.4 Å². The largest absolute Gasteiger partial charge is 0.355 e. The molecule has 0 bridgehead atoms. The molecule has 0 aromatic rings. The maximum absolute atomic E-state index is 11.2. The first-order valence-electron chi connectivity index (χ1n) is 4.24. The minimum atomic E-state index is 0.0451. The van der Waals surface area contributed by atoms with E-state index in [2.05, 4.69) is 24.5 Å². The molecule has 64 valence electrons. The SMILES string of the molecule is CC(C)N[C@@H]1CCCNC1=O. The first-order valence-corrected chi connectivity index (χ1v) is 4.24. The fourth-order valence-corrected chi connectivity index (χ4v) is 1.33. The highest BCUT2D eigenvalue weighted by atomic mass is 16.2. The molecule has 3 heteroatoms. The number of carbonyl (C=O) groups excluding carboxylic acids is 1. The van der Waals surface area contributed by atoms with Crippen LogP contribution in [0.15, 0.2) is 0 Å². The average molecular weight is 156 g/mol. The molecule has 1 fully saturated rings. The van der Waals surface area contributed by atoms with Gasteiger partial charge >= 0.3 is 0 Å². The normalized spacial score (nSPS) is 25.4. The summed E-state index contributed by atoms with van der Waals surface area (Å²) in [4.78, 5) is 11.2. The summed E-state index contributed by atoms with van der Waals surface area (Å²) in [5.41, 5.74) is 0. The van der Waals surface area contributed by atoms with Crippen molar-refractivity contribution in [1.29, 1.82) is 0 Å². The maximum atomic E-state index is 11.2. The van der Waals surface area contributed by atoms with Crippen LogP contribution in [-0.4, -0.2) is 24.5 Å². The van der Waals surface area contributed by atoms with Gasteiger partial charge in [-0.15, -0.1) is 0 Å². The van der Waals surface area contributed by atoms with Gasteiger partial charge in [-0.05, 0) is 12.8 Å². The van der Waals surface area contributed by atoms with Gasteiger partial charge in [-0.2, -0.15) is 0 Å². The number of piperidine rings is 1. The molecular weight excluding hydrogens is 140 g/mol. The molecule has 0 aromatic carbocycles. The van der Waals surface area contributed by atoms with Gasteiger partial charge < -0.3 is 10.6 Å². The minimum absolute atomic E-state index is 0.0451. The van der Waals surface area contributed by atoms with Crippen LogP contribution >= 0.6 is 0 Å². The minimum Gasteiger partial charge on any atom is -0.355 e. The number of carbonyl (C=O) groups is 1. The Balaban J connectivity index is 2.36. The maximum Gasteiger partial charge on any atom is 0.237 e. The summed E-state index contributed by atoms with van der Waals surface area (Å²) >= 11 is 0. The summed E-state index contributed by atoms with van der Waals surface area (Å²) in [6, 6.07) is 0.438. The number of hydrogen-bond acceptors (Lipinski definition) is 2. The lowest BCUT2D eigenvalue weighted by molar-refractivity contribution is -0.124. The van der Waals surface area contributed by atoms with Crippen LogP contribution in [0, 0.1) is 0 Å². The van der Waals surface area contributed by atoms with E-state index in [1.54, 1.807) is 0 Å². The van der Waals surface area contributed by atoms with Crippen LogP contribution in [0.5, 0.6) is 0 Å². The van der Waals surface area contributed by atoms with Gasteiger partial charge in [-0.25, -0.2) is 0 Å². The third kappa shape index (κ3) is 2.50. The number of amides is 1. The molecule has 2 N–H and O–H groups in total. The van der Waals surface area contributed by atoms with Gasteiger partial charge in [0.1, 0.15) is 0 Å². The highest BCUT2D eigenvalue weighted by molar-refractivity contribution is 5.82. The molecule has 1 rings (SSSR count). The van der Waals surface area contributed by atoms with Crippen molar-refractivity contribution in [3.63, 3.8) is 0 Å². The first-order chi connectivity index (χ1) is 5.20. The molecule has 0 saturated carbocycles. The van der Waals surface area contributed by atoms with Crippen molar-refractivity contribution < 1.29 is 4.79 Å².